The fraction of sp³-hybridized carbons (Fsp3) is 0.500. The van der Waals surface area contributed by atoms with Gasteiger partial charge in [0.05, 0.1) is 20.6 Å². The third kappa shape index (κ3) is 6.10. The third-order valence-corrected chi connectivity index (χ3v) is 1.64. The molecule has 0 fully saturated rings. The molecule has 2 amide bonds. The number of carbonyl (C=O) groups excluding carboxylic acids is 3. The number of nitrogens with zero attached hydrogens (tertiary/aromatic N) is 1. The van der Waals surface area contributed by atoms with Gasteiger partial charge in [-0.3, -0.25) is 10.2 Å². The van der Waals surface area contributed by atoms with E-state index in [-0.39, 0.29) is 18.6 Å². The van der Waals surface area contributed by atoms with Crippen LogP contribution in [-0.4, -0.2) is 37.9 Å². The second kappa shape index (κ2) is 8.05. The van der Waals surface area contributed by atoms with Crippen molar-refractivity contribution in [3.8, 4) is 0 Å². The Balaban J connectivity index is 4.48. The van der Waals surface area contributed by atoms with Gasteiger partial charge in [-0.2, -0.15) is 5.10 Å². The van der Waals surface area contributed by atoms with E-state index in [0.29, 0.717) is 0 Å². The minimum Gasteiger partial charge on any atom is -0.469 e. The van der Waals surface area contributed by atoms with E-state index in [1.165, 1.54) is 7.11 Å². The predicted molar refractivity (Wildman–Crippen MR) is 56.6 cm³/mol. The van der Waals surface area contributed by atoms with E-state index in [4.69, 9.17) is 5.84 Å². The summed E-state index contributed by atoms with van der Waals surface area (Å²) in [6.07, 6.45) is -0.0828. The molecule has 0 saturated heterocycles. The highest BCUT2D eigenvalue weighted by molar-refractivity contribution is 6.36. The number of ether oxygens (including phenoxy) is 2. The quantitative estimate of drug-likeness (QED) is 0.180. The Kier molecular flexibility index (Phi) is 7.02. The number of hydrazine groups is 1. The average molecular weight is 246 g/mol. The largest absolute Gasteiger partial charge is 0.469 e. The molecule has 96 valence electrons. The number of hydrogen-bond acceptors (Lipinski definition) is 7. The van der Waals surface area contributed by atoms with Crippen LogP contribution < -0.4 is 16.7 Å². The van der Waals surface area contributed by atoms with Gasteiger partial charge in [-0.05, 0) is 0 Å². The van der Waals surface area contributed by atoms with Gasteiger partial charge in [-0.1, -0.05) is 0 Å². The molecule has 9 nitrogen and oxygen atoms in total. The van der Waals surface area contributed by atoms with Crippen LogP contribution in [0.1, 0.15) is 12.8 Å². The molecule has 4 N–H and O–H groups in total. The zero-order valence-electron chi connectivity index (χ0n) is 9.48. The average Bonchev–Trinajstić information content (AvgIpc) is 2.36. The Morgan fingerprint density at radius 2 is 1.82 bits per heavy atom. The molecule has 0 atom stereocenters. The maximum atomic E-state index is 11.2. The second-order valence-corrected chi connectivity index (χ2v) is 2.71. The van der Waals surface area contributed by atoms with Crippen LogP contribution >= 0.6 is 0 Å². The van der Waals surface area contributed by atoms with Crippen molar-refractivity contribution in [2.75, 3.05) is 14.2 Å². The molecular weight excluding hydrogens is 232 g/mol. The number of hydrazone groups is 1. The normalized spacial score (nSPS) is 10.4. The summed E-state index contributed by atoms with van der Waals surface area (Å²) >= 11 is 0. The smallest absolute Gasteiger partial charge is 0.354 e. The first kappa shape index (κ1) is 14.8. The third-order valence-electron chi connectivity index (χ3n) is 1.64. The van der Waals surface area contributed by atoms with Crippen LogP contribution in [0, 0.1) is 0 Å². The second-order valence-electron chi connectivity index (χ2n) is 2.71. The van der Waals surface area contributed by atoms with Gasteiger partial charge in [0.2, 0.25) is 0 Å². The van der Waals surface area contributed by atoms with Gasteiger partial charge < -0.3 is 9.47 Å². The molecule has 0 aromatic carbocycles. The minimum atomic E-state index is -0.801. The number of carbonyl (C=O) groups is 3. The van der Waals surface area contributed by atoms with E-state index in [1.54, 1.807) is 5.43 Å². The number of hydrogen-bond donors (Lipinski definition) is 3. The van der Waals surface area contributed by atoms with Gasteiger partial charge in [-0.15, -0.1) is 0 Å². The molecule has 0 aromatic rings. The highest BCUT2D eigenvalue weighted by atomic mass is 16.5. The zero-order chi connectivity index (χ0) is 13.3. The number of amides is 2. The van der Waals surface area contributed by atoms with E-state index in [1.807, 2.05) is 5.43 Å². The molecule has 0 rings (SSSR count). The lowest BCUT2D eigenvalue weighted by Crippen LogP contribution is -2.38. The molecule has 0 saturated carbocycles. The van der Waals surface area contributed by atoms with Crippen molar-refractivity contribution >= 4 is 23.7 Å². The van der Waals surface area contributed by atoms with E-state index >= 15 is 0 Å². The first-order valence-electron chi connectivity index (χ1n) is 4.53. The van der Waals surface area contributed by atoms with Crippen molar-refractivity contribution in [1.82, 2.24) is 10.9 Å². The van der Waals surface area contributed by atoms with Crippen molar-refractivity contribution in [2.45, 2.75) is 12.8 Å². The fourth-order valence-electron chi connectivity index (χ4n) is 0.794. The molecule has 0 heterocycles. The van der Waals surface area contributed by atoms with Gasteiger partial charge in [0.15, 0.2) is 0 Å². The van der Waals surface area contributed by atoms with Crippen molar-refractivity contribution in [1.29, 1.82) is 0 Å². The summed E-state index contributed by atoms with van der Waals surface area (Å²) in [6.45, 7) is 0. The fourth-order valence-corrected chi connectivity index (χ4v) is 0.794. The summed E-state index contributed by atoms with van der Waals surface area (Å²) in [4.78, 5) is 32.8. The van der Waals surface area contributed by atoms with Crippen LogP contribution in [0.25, 0.3) is 0 Å². The van der Waals surface area contributed by atoms with Crippen molar-refractivity contribution < 1.29 is 23.9 Å². The van der Waals surface area contributed by atoms with Crippen LogP contribution in [0.15, 0.2) is 5.10 Å². The Bertz CT molecular complexity index is 328. The Morgan fingerprint density at radius 1 is 1.18 bits per heavy atom. The number of methoxy groups -OCH3 is 2. The standard InChI is InChI=1S/C8H14N4O5/c1-16-6(13)4-3-5(7(14)17-2)11-12-8(15)10-9/h3-4,9H2,1-2H3,(H2,10,12,15)/b11-5+. The number of nitrogens with one attached hydrogen (secondary N) is 2. The SMILES string of the molecule is COC(=O)CC/C(=N\NC(=O)NN)C(=O)OC. The predicted octanol–water partition coefficient (Wildman–Crippen LogP) is -1.36. The monoisotopic (exact) mass is 246 g/mol. The topological polar surface area (TPSA) is 132 Å². The highest BCUT2D eigenvalue weighted by Crippen LogP contribution is 1.97. The number of rotatable bonds is 5. The highest BCUT2D eigenvalue weighted by Gasteiger charge is 2.14. The van der Waals surface area contributed by atoms with E-state index in [2.05, 4.69) is 14.6 Å². The summed E-state index contributed by atoms with van der Waals surface area (Å²) < 4.78 is 8.81. The maximum Gasteiger partial charge on any atom is 0.354 e. The Labute approximate surface area is 97.3 Å². The van der Waals surface area contributed by atoms with Crippen LogP contribution in [0.5, 0.6) is 0 Å². The first-order chi connectivity index (χ1) is 8.04. The molecule has 17 heavy (non-hydrogen) atoms. The molecule has 0 spiro atoms. The molecule has 0 aliphatic rings. The lowest BCUT2D eigenvalue weighted by molar-refractivity contribution is -0.140. The van der Waals surface area contributed by atoms with Crippen LogP contribution in [0.4, 0.5) is 4.79 Å². The lowest BCUT2D eigenvalue weighted by atomic mass is 10.2. The van der Waals surface area contributed by atoms with Crippen LogP contribution in [0.2, 0.25) is 0 Å². The van der Waals surface area contributed by atoms with E-state index < -0.39 is 18.0 Å². The summed E-state index contributed by atoms with van der Waals surface area (Å²) in [5, 5.41) is 3.46. The molecule has 9 heteroatoms. The summed E-state index contributed by atoms with van der Waals surface area (Å²) in [6, 6.07) is -0.801. The van der Waals surface area contributed by atoms with Gasteiger partial charge in [0.25, 0.3) is 0 Å². The van der Waals surface area contributed by atoms with Crippen molar-refractivity contribution in [2.24, 2.45) is 10.9 Å². The molecule has 0 bridgehead atoms. The molecule has 0 aromatic heterocycles. The number of urea groups is 1. The summed E-state index contributed by atoms with van der Waals surface area (Å²) in [7, 11) is 2.37. The first-order valence-corrected chi connectivity index (χ1v) is 4.53. The lowest BCUT2D eigenvalue weighted by Gasteiger charge is -2.04. The van der Waals surface area contributed by atoms with Gasteiger partial charge in [-0.25, -0.2) is 20.9 Å². The molecule has 0 radical (unpaired) electrons. The van der Waals surface area contributed by atoms with Gasteiger partial charge in [0.1, 0.15) is 5.71 Å². The number of nitrogens with two attached hydrogens (primary N) is 1. The zero-order valence-corrected chi connectivity index (χ0v) is 9.48. The van der Waals surface area contributed by atoms with Gasteiger partial charge in [0, 0.05) is 6.42 Å². The Hall–Kier alpha value is -2.16. The maximum absolute atomic E-state index is 11.2. The minimum absolute atomic E-state index is 0.0236. The molecule has 0 aliphatic heterocycles. The van der Waals surface area contributed by atoms with Gasteiger partial charge >= 0.3 is 18.0 Å². The van der Waals surface area contributed by atoms with Crippen molar-refractivity contribution in [3.05, 3.63) is 0 Å². The van der Waals surface area contributed by atoms with Crippen LogP contribution in [0.3, 0.4) is 0 Å². The molecular formula is C8H14N4O5. The number of esters is 2. The molecule has 0 unspecified atom stereocenters. The van der Waals surface area contributed by atoms with E-state index in [0.717, 1.165) is 7.11 Å². The summed E-state index contributed by atoms with van der Waals surface area (Å²) in [5.74, 6) is 3.52. The molecule has 0 aliphatic carbocycles. The van der Waals surface area contributed by atoms with Crippen LogP contribution in [-0.2, 0) is 19.1 Å². The summed E-state index contributed by atoms with van der Waals surface area (Å²) in [5.41, 5.74) is 3.58. The van der Waals surface area contributed by atoms with E-state index in [9.17, 15) is 14.4 Å². The Morgan fingerprint density at radius 3 is 2.29 bits per heavy atom. The van der Waals surface area contributed by atoms with Crippen molar-refractivity contribution in [3.63, 3.8) is 0 Å².